The quantitative estimate of drug-likeness (QED) is 0.791. The Balaban J connectivity index is 1.74. The van der Waals surface area contributed by atoms with Gasteiger partial charge in [-0.25, -0.2) is 4.98 Å². The van der Waals surface area contributed by atoms with Crippen LogP contribution in [-0.4, -0.2) is 15.3 Å². The molecule has 4 nitrogen and oxygen atoms in total. The van der Waals surface area contributed by atoms with Gasteiger partial charge in [-0.05, 0) is 30.2 Å². The van der Waals surface area contributed by atoms with Crippen molar-refractivity contribution >= 4 is 17.2 Å². The molecule has 3 rings (SSSR count). The number of benzene rings is 1. The third-order valence-electron chi connectivity index (χ3n) is 3.28. The molecule has 20 heavy (non-hydrogen) atoms. The number of fused-ring (bicyclic) bond motifs is 1. The van der Waals surface area contributed by atoms with E-state index in [1.165, 1.54) is 0 Å². The molecule has 0 saturated carbocycles. The van der Waals surface area contributed by atoms with Crippen molar-refractivity contribution in [3.63, 3.8) is 0 Å². The van der Waals surface area contributed by atoms with E-state index in [0.29, 0.717) is 6.42 Å². The van der Waals surface area contributed by atoms with Gasteiger partial charge in [-0.2, -0.15) is 0 Å². The van der Waals surface area contributed by atoms with E-state index in [9.17, 15) is 4.79 Å². The average Bonchev–Trinajstić information content (AvgIpc) is 2.89. The fraction of sp³-hybridized carbons (Fsp3) is 0.125. The normalized spacial score (nSPS) is 10.7. The highest BCUT2D eigenvalue weighted by Crippen LogP contribution is 2.12. The highest BCUT2D eigenvalue weighted by Gasteiger charge is 2.06. The number of aryl methyl sites for hydroxylation is 1. The number of nitrogens with zero attached hydrogens (tertiary/aromatic N) is 2. The summed E-state index contributed by atoms with van der Waals surface area (Å²) in [5.41, 5.74) is 3.82. The van der Waals surface area contributed by atoms with Gasteiger partial charge in [0.25, 0.3) is 0 Å². The molecule has 1 aromatic carbocycles. The molecule has 3 aromatic rings. The van der Waals surface area contributed by atoms with Crippen molar-refractivity contribution in [1.82, 2.24) is 9.38 Å². The number of anilines is 1. The first-order valence-corrected chi connectivity index (χ1v) is 6.49. The van der Waals surface area contributed by atoms with Crippen LogP contribution in [-0.2, 0) is 11.2 Å². The van der Waals surface area contributed by atoms with Crippen LogP contribution in [0.5, 0.6) is 0 Å². The monoisotopic (exact) mass is 265 g/mol. The van der Waals surface area contributed by atoms with Crippen molar-refractivity contribution in [3.8, 4) is 0 Å². The molecule has 100 valence electrons. The molecule has 0 bridgehead atoms. The van der Waals surface area contributed by atoms with E-state index in [-0.39, 0.29) is 5.91 Å². The minimum atomic E-state index is -0.0150. The molecule has 4 heteroatoms. The van der Waals surface area contributed by atoms with Crippen molar-refractivity contribution in [1.29, 1.82) is 0 Å². The van der Waals surface area contributed by atoms with Crippen LogP contribution in [0, 0.1) is 6.92 Å². The summed E-state index contributed by atoms with van der Waals surface area (Å²) in [6.45, 7) is 2.01. The standard InChI is InChI=1S/C16H15N3O/c1-12-4-2-3-5-13(12)10-16(20)18-14-6-7-15-17-8-9-19(15)11-14/h2-9,11H,10H2,1H3,(H,18,20). The number of hydrogen-bond donors (Lipinski definition) is 1. The summed E-state index contributed by atoms with van der Waals surface area (Å²) in [6.07, 6.45) is 5.83. The van der Waals surface area contributed by atoms with Gasteiger partial charge in [0.15, 0.2) is 0 Å². The number of hydrogen-bond acceptors (Lipinski definition) is 2. The zero-order valence-corrected chi connectivity index (χ0v) is 11.2. The van der Waals surface area contributed by atoms with Gasteiger partial charge in [0, 0.05) is 18.6 Å². The second-order valence-corrected chi connectivity index (χ2v) is 4.76. The van der Waals surface area contributed by atoms with Crippen molar-refractivity contribution < 1.29 is 4.79 Å². The molecule has 0 saturated heterocycles. The van der Waals surface area contributed by atoms with Crippen LogP contribution in [0.3, 0.4) is 0 Å². The summed E-state index contributed by atoms with van der Waals surface area (Å²) in [4.78, 5) is 16.2. The highest BCUT2D eigenvalue weighted by molar-refractivity contribution is 5.92. The van der Waals surface area contributed by atoms with Crippen molar-refractivity contribution in [3.05, 3.63) is 66.1 Å². The molecule has 0 aliphatic heterocycles. The molecule has 0 spiro atoms. The summed E-state index contributed by atoms with van der Waals surface area (Å²) in [5, 5.41) is 2.91. The van der Waals surface area contributed by atoms with E-state index < -0.39 is 0 Å². The van der Waals surface area contributed by atoms with E-state index >= 15 is 0 Å². The van der Waals surface area contributed by atoms with Crippen molar-refractivity contribution in [2.75, 3.05) is 5.32 Å². The number of aromatic nitrogens is 2. The van der Waals surface area contributed by atoms with Gasteiger partial charge >= 0.3 is 0 Å². The van der Waals surface area contributed by atoms with Crippen LogP contribution < -0.4 is 5.32 Å². The molecule has 0 aliphatic carbocycles. The van der Waals surface area contributed by atoms with Gasteiger partial charge in [-0.1, -0.05) is 24.3 Å². The Hall–Kier alpha value is -2.62. The summed E-state index contributed by atoms with van der Waals surface area (Å²) in [7, 11) is 0. The van der Waals surface area contributed by atoms with Crippen LogP contribution in [0.15, 0.2) is 55.0 Å². The van der Waals surface area contributed by atoms with Crippen LogP contribution in [0.25, 0.3) is 5.65 Å². The van der Waals surface area contributed by atoms with Crippen LogP contribution in [0.4, 0.5) is 5.69 Å². The van der Waals surface area contributed by atoms with Gasteiger partial charge < -0.3 is 9.72 Å². The summed E-state index contributed by atoms with van der Waals surface area (Å²) < 4.78 is 1.88. The molecule has 1 N–H and O–H groups in total. The highest BCUT2D eigenvalue weighted by atomic mass is 16.1. The van der Waals surface area contributed by atoms with Crippen LogP contribution in [0.1, 0.15) is 11.1 Å². The van der Waals surface area contributed by atoms with Crippen LogP contribution in [0.2, 0.25) is 0 Å². The van der Waals surface area contributed by atoms with Crippen molar-refractivity contribution in [2.24, 2.45) is 0 Å². The molecule has 0 radical (unpaired) electrons. The Morgan fingerprint density at radius 3 is 2.95 bits per heavy atom. The maximum atomic E-state index is 12.1. The number of rotatable bonds is 3. The first kappa shape index (κ1) is 12.4. The maximum Gasteiger partial charge on any atom is 0.228 e. The fourth-order valence-electron chi connectivity index (χ4n) is 2.18. The minimum absolute atomic E-state index is 0.0150. The topological polar surface area (TPSA) is 46.4 Å². The number of imidazole rings is 1. The lowest BCUT2D eigenvalue weighted by Gasteiger charge is -2.07. The van der Waals surface area contributed by atoms with Gasteiger partial charge in [-0.15, -0.1) is 0 Å². The maximum absolute atomic E-state index is 12.1. The Morgan fingerprint density at radius 1 is 1.25 bits per heavy atom. The number of nitrogens with one attached hydrogen (secondary N) is 1. The SMILES string of the molecule is Cc1ccccc1CC(=O)Nc1ccc2nccn2c1. The first-order chi connectivity index (χ1) is 9.72. The molecular formula is C16H15N3O. The Kier molecular flexibility index (Phi) is 3.21. The zero-order chi connectivity index (χ0) is 13.9. The summed E-state index contributed by atoms with van der Waals surface area (Å²) in [5.74, 6) is -0.0150. The zero-order valence-electron chi connectivity index (χ0n) is 11.2. The summed E-state index contributed by atoms with van der Waals surface area (Å²) in [6, 6.07) is 11.7. The Morgan fingerprint density at radius 2 is 2.10 bits per heavy atom. The Labute approximate surface area is 117 Å². The molecule has 0 atom stereocenters. The van der Waals surface area contributed by atoms with Crippen molar-refractivity contribution in [2.45, 2.75) is 13.3 Å². The molecule has 2 heterocycles. The number of carbonyl (C=O) groups is 1. The van der Waals surface area contributed by atoms with E-state index in [1.807, 2.05) is 60.1 Å². The van der Waals surface area contributed by atoms with Gasteiger partial charge in [0.05, 0.1) is 12.1 Å². The summed E-state index contributed by atoms with van der Waals surface area (Å²) >= 11 is 0. The third kappa shape index (κ3) is 2.54. The average molecular weight is 265 g/mol. The van der Waals surface area contributed by atoms with Gasteiger partial charge in [-0.3, -0.25) is 4.79 Å². The van der Waals surface area contributed by atoms with E-state index in [2.05, 4.69) is 10.3 Å². The molecule has 0 fully saturated rings. The molecule has 1 amide bonds. The largest absolute Gasteiger partial charge is 0.324 e. The lowest BCUT2D eigenvalue weighted by atomic mass is 10.1. The second kappa shape index (κ2) is 5.17. The smallest absolute Gasteiger partial charge is 0.228 e. The molecule has 0 unspecified atom stereocenters. The minimum Gasteiger partial charge on any atom is -0.324 e. The Bertz CT molecular complexity index is 761. The van der Waals surface area contributed by atoms with E-state index in [0.717, 1.165) is 22.5 Å². The number of amides is 1. The molecule has 2 aromatic heterocycles. The van der Waals surface area contributed by atoms with Gasteiger partial charge in [0.1, 0.15) is 5.65 Å². The lowest BCUT2D eigenvalue weighted by Crippen LogP contribution is -2.15. The van der Waals surface area contributed by atoms with Crippen LogP contribution >= 0.6 is 0 Å². The lowest BCUT2D eigenvalue weighted by molar-refractivity contribution is -0.115. The number of carbonyl (C=O) groups excluding carboxylic acids is 1. The molecule has 0 aliphatic rings. The first-order valence-electron chi connectivity index (χ1n) is 6.49. The van der Waals surface area contributed by atoms with E-state index in [4.69, 9.17) is 0 Å². The predicted octanol–water partition coefficient (Wildman–Crippen LogP) is 2.82. The van der Waals surface area contributed by atoms with E-state index in [1.54, 1.807) is 6.20 Å². The number of pyridine rings is 1. The predicted molar refractivity (Wildman–Crippen MR) is 78.7 cm³/mol. The van der Waals surface area contributed by atoms with Gasteiger partial charge in [0.2, 0.25) is 5.91 Å². The molecular weight excluding hydrogens is 250 g/mol. The third-order valence-corrected chi connectivity index (χ3v) is 3.28. The second-order valence-electron chi connectivity index (χ2n) is 4.76. The fourth-order valence-corrected chi connectivity index (χ4v) is 2.18.